The summed E-state index contributed by atoms with van der Waals surface area (Å²) >= 11 is 0. The molecule has 0 aromatic heterocycles. The van der Waals surface area contributed by atoms with Crippen LogP contribution < -0.4 is 0 Å². The molecule has 0 unspecified atom stereocenters. The number of esters is 2. The molecule has 0 saturated carbocycles. The molecule has 1 N–H and O–H groups in total. The first-order chi connectivity index (χ1) is 8.19. The molecule has 5 heteroatoms. The Labute approximate surface area is 98.3 Å². The minimum atomic E-state index is -0.553. The van der Waals surface area contributed by atoms with Gasteiger partial charge >= 0.3 is 11.9 Å². The van der Waals surface area contributed by atoms with Crippen LogP contribution in [0.25, 0.3) is 0 Å². The van der Waals surface area contributed by atoms with Crippen LogP contribution in [0.4, 0.5) is 0 Å². The second-order valence-corrected chi connectivity index (χ2v) is 3.01. The maximum absolute atomic E-state index is 11.3. The highest BCUT2D eigenvalue weighted by Gasteiger charge is 2.09. The van der Waals surface area contributed by atoms with Gasteiger partial charge in [0.25, 0.3) is 0 Å². The van der Waals surface area contributed by atoms with E-state index in [4.69, 9.17) is 9.84 Å². The molecule has 0 amide bonds. The summed E-state index contributed by atoms with van der Waals surface area (Å²) in [5.74, 6) is -1.10. The predicted molar refractivity (Wildman–Crippen MR) is 59.4 cm³/mol. The van der Waals surface area contributed by atoms with E-state index in [0.29, 0.717) is 11.1 Å². The first kappa shape index (κ1) is 12.9. The van der Waals surface area contributed by atoms with Crippen molar-refractivity contribution in [2.24, 2.45) is 0 Å². The fourth-order valence-electron chi connectivity index (χ4n) is 1.11. The average Bonchev–Trinajstić information content (AvgIpc) is 2.36. The second kappa shape index (κ2) is 6.44. The molecule has 1 aromatic rings. The van der Waals surface area contributed by atoms with Gasteiger partial charge in [-0.1, -0.05) is 6.58 Å². The Hall–Kier alpha value is -2.14. The van der Waals surface area contributed by atoms with Crippen LogP contribution >= 0.6 is 0 Å². The zero-order valence-electron chi connectivity index (χ0n) is 9.09. The van der Waals surface area contributed by atoms with Crippen molar-refractivity contribution in [1.29, 1.82) is 0 Å². The number of benzene rings is 1. The van der Waals surface area contributed by atoms with E-state index in [1.165, 1.54) is 24.3 Å². The summed E-state index contributed by atoms with van der Waals surface area (Å²) in [4.78, 5) is 22.6. The highest BCUT2D eigenvalue weighted by molar-refractivity contribution is 5.93. The van der Waals surface area contributed by atoms with E-state index in [0.717, 1.165) is 6.26 Å². The Morgan fingerprint density at radius 3 is 2.18 bits per heavy atom. The highest BCUT2D eigenvalue weighted by atomic mass is 16.5. The summed E-state index contributed by atoms with van der Waals surface area (Å²) in [6.45, 7) is 2.98. The Balaban J connectivity index is 2.70. The normalized spacial score (nSPS) is 9.47. The third-order valence-electron chi connectivity index (χ3n) is 1.87. The van der Waals surface area contributed by atoms with Crippen molar-refractivity contribution < 1.29 is 24.2 Å². The van der Waals surface area contributed by atoms with Gasteiger partial charge in [-0.3, -0.25) is 0 Å². The lowest BCUT2D eigenvalue weighted by Gasteiger charge is -2.03. The molecule has 0 fully saturated rings. The Kier molecular flexibility index (Phi) is 4.90. The molecular formula is C12H12O5. The number of carbonyl (C=O) groups is 2. The number of hydrogen-bond acceptors (Lipinski definition) is 5. The van der Waals surface area contributed by atoms with Gasteiger partial charge in [0.1, 0.15) is 6.61 Å². The Morgan fingerprint density at radius 1 is 1.18 bits per heavy atom. The van der Waals surface area contributed by atoms with E-state index < -0.39 is 11.9 Å². The van der Waals surface area contributed by atoms with E-state index in [-0.39, 0.29) is 13.2 Å². The number of rotatable bonds is 5. The fraction of sp³-hybridized carbons (Fsp3) is 0.167. The summed E-state index contributed by atoms with van der Waals surface area (Å²) in [6.07, 6.45) is 1.03. The molecule has 90 valence electrons. The van der Waals surface area contributed by atoms with Crippen molar-refractivity contribution >= 4 is 11.9 Å². The lowest BCUT2D eigenvalue weighted by atomic mass is 10.1. The Morgan fingerprint density at radius 2 is 1.71 bits per heavy atom. The first-order valence-corrected chi connectivity index (χ1v) is 4.89. The minimum absolute atomic E-state index is 0.0565. The van der Waals surface area contributed by atoms with E-state index in [1.807, 2.05) is 0 Å². The van der Waals surface area contributed by atoms with Crippen LogP contribution in [0, 0.1) is 0 Å². The summed E-state index contributed by atoms with van der Waals surface area (Å²) in [7, 11) is 0. The molecule has 0 atom stereocenters. The maximum atomic E-state index is 11.3. The Bertz CT molecular complexity index is 407. The van der Waals surface area contributed by atoms with Crippen molar-refractivity contribution in [3.8, 4) is 0 Å². The number of aliphatic hydroxyl groups is 1. The van der Waals surface area contributed by atoms with Gasteiger partial charge < -0.3 is 14.6 Å². The van der Waals surface area contributed by atoms with Gasteiger partial charge in [-0.05, 0) is 24.3 Å². The molecule has 0 aliphatic carbocycles. The second-order valence-electron chi connectivity index (χ2n) is 3.01. The van der Waals surface area contributed by atoms with Crippen molar-refractivity contribution in [2.75, 3.05) is 13.2 Å². The molecule has 0 spiro atoms. The molecule has 1 aromatic carbocycles. The number of carbonyl (C=O) groups excluding carboxylic acids is 2. The molecule has 0 heterocycles. The zero-order chi connectivity index (χ0) is 12.7. The largest absolute Gasteiger partial charge is 0.460 e. The van der Waals surface area contributed by atoms with E-state index in [2.05, 4.69) is 11.3 Å². The summed E-state index contributed by atoms with van der Waals surface area (Å²) in [6, 6.07) is 5.78. The SMILES string of the molecule is C=COC(=O)c1ccc(C(=O)OCCO)cc1. The molecule has 0 saturated heterocycles. The number of aliphatic hydroxyl groups excluding tert-OH is 1. The van der Waals surface area contributed by atoms with Crippen LogP contribution in [-0.2, 0) is 9.47 Å². The molecule has 0 aliphatic heterocycles. The summed E-state index contributed by atoms with van der Waals surface area (Å²) in [5, 5.41) is 8.49. The monoisotopic (exact) mass is 236 g/mol. The van der Waals surface area contributed by atoms with Crippen molar-refractivity contribution in [3.05, 3.63) is 48.2 Å². The van der Waals surface area contributed by atoms with E-state index in [1.54, 1.807) is 0 Å². The molecule has 1 rings (SSSR count). The summed E-state index contributed by atoms with van der Waals surface area (Å²) in [5.41, 5.74) is 0.609. The molecule has 0 radical (unpaired) electrons. The third-order valence-corrected chi connectivity index (χ3v) is 1.87. The van der Waals surface area contributed by atoms with Gasteiger partial charge in [0.05, 0.1) is 24.0 Å². The van der Waals surface area contributed by atoms with Crippen LogP contribution in [0.5, 0.6) is 0 Å². The van der Waals surface area contributed by atoms with Gasteiger partial charge in [-0.15, -0.1) is 0 Å². The molecule has 0 bridgehead atoms. The quantitative estimate of drug-likeness (QED) is 0.613. The zero-order valence-corrected chi connectivity index (χ0v) is 9.09. The van der Waals surface area contributed by atoms with E-state index >= 15 is 0 Å². The molecule has 17 heavy (non-hydrogen) atoms. The molecule has 0 aliphatic rings. The van der Waals surface area contributed by atoms with Crippen LogP contribution in [-0.4, -0.2) is 30.3 Å². The smallest absolute Gasteiger partial charge is 0.342 e. The van der Waals surface area contributed by atoms with Gasteiger partial charge in [0.15, 0.2) is 0 Å². The van der Waals surface area contributed by atoms with Gasteiger partial charge in [-0.2, -0.15) is 0 Å². The van der Waals surface area contributed by atoms with Crippen LogP contribution in [0.15, 0.2) is 37.1 Å². The number of ether oxygens (including phenoxy) is 2. The van der Waals surface area contributed by atoms with E-state index in [9.17, 15) is 9.59 Å². The maximum Gasteiger partial charge on any atom is 0.342 e. The van der Waals surface area contributed by atoms with Crippen molar-refractivity contribution in [3.63, 3.8) is 0 Å². The van der Waals surface area contributed by atoms with Gasteiger partial charge in [-0.25, -0.2) is 9.59 Å². The van der Waals surface area contributed by atoms with Crippen LogP contribution in [0.1, 0.15) is 20.7 Å². The highest BCUT2D eigenvalue weighted by Crippen LogP contribution is 2.07. The standard InChI is InChI=1S/C12H12O5/c1-2-16-11(14)9-3-5-10(6-4-9)12(15)17-8-7-13/h2-6,13H,1,7-8H2. The van der Waals surface area contributed by atoms with Crippen molar-refractivity contribution in [2.45, 2.75) is 0 Å². The lowest BCUT2D eigenvalue weighted by Crippen LogP contribution is -2.09. The first-order valence-electron chi connectivity index (χ1n) is 4.89. The van der Waals surface area contributed by atoms with Gasteiger partial charge in [0.2, 0.25) is 0 Å². The lowest BCUT2D eigenvalue weighted by molar-refractivity contribution is 0.0433. The van der Waals surface area contributed by atoms with Crippen molar-refractivity contribution in [1.82, 2.24) is 0 Å². The molecule has 5 nitrogen and oxygen atoms in total. The minimum Gasteiger partial charge on any atom is -0.460 e. The molecular weight excluding hydrogens is 224 g/mol. The average molecular weight is 236 g/mol. The topological polar surface area (TPSA) is 72.8 Å². The van der Waals surface area contributed by atoms with Crippen LogP contribution in [0.3, 0.4) is 0 Å². The third kappa shape index (κ3) is 3.73. The van der Waals surface area contributed by atoms with Gasteiger partial charge in [0, 0.05) is 0 Å². The summed E-state index contributed by atoms with van der Waals surface area (Å²) < 4.78 is 9.27. The predicted octanol–water partition coefficient (Wildman–Crippen LogP) is 1.14. The fourth-order valence-corrected chi connectivity index (χ4v) is 1.11. The number of hydrogen-bond donors (Lipinski definition) is 1. The van der Waals surface area contributed by atoms with Crippen LogP contribution in [0.2, 0.25) is 0 Å².